The van der Waals surface area contributed by atoms with Crippen molar-refractivity contribution in [1.82, 2.24) is 20.1 Å². The number of hydrogen-bond donors (Lipinski definition) is 1. The predicted octanol–water partition coefficient (Wildman–Crippen LogP) is 2.68. The monoisotopic (exact) mass is 260 g/mol. The Labute approximate surface area is 115 Å². The Morgan fingerprint density at radius 3 is 2.74 bits per heavy atom. The Balaban J connectivity index is 1.52. The van der Waals surface area contributed by atoms with Gasteiger partial charge in [-0.2, -0.15) is 5.10 Å². The Hall–Kier alpha value is -0.900. The minimum atomic E-state index is 0.435. The molecule has 1 aliphatic heterocycles. The Morgan fingerprint density at radius 2 is 1.89 bits per heavy atom. The van der Waals surface area contributed by atoms with Crippen LogP contribution in [0.25, 0.3) is 0 Å². The maximum Gasteiger partial charge on any atom is 0.154 e. The molecule has 0 aromatic carbocycles. The van der Waals surface area contributed by atoms with Crippen LogP contribution in [0, 0.1) is 5.92 Å². The lowest BCUT2D eigenvalue weighted by molar-refractivity contribution is 0.171. The molecule has 1 N–H and O–H groups in total. The van der Waals surface area contributed by atoms with Gasteiger partial charge in [0.15, 0.2) is 5.82 Å². The second kappa shape index (κ2) is 4.58. The molecule has 104 valence electrons. The molecule has 0 bridgehead atoms. The molecular weight excluding hydrogens is 236 g/mol. The molecule has 3 aliphatic rings. The number of aromatic nitrogens is 3. The molecule has 19 heavy (non-hydrogen) atoms. The third-order valence-electron chi connectivity index (χ3n) is 5.22. The first-order valence-electron chi connectivity index (χ1n) is 7.98. The quantitative estimate of drug-likeness (QED) is 0.889. The van der Waals surface area contributed by atoms with Crippen LogP contribution in [-0.2, 0) is 7.05 Å². The van der Waals surface area contributed by atoms with E-state index in [4.69, 9.17) is 4.98 Å². The first-order valence-corrected chi connectivity index (χ1v) is 7.98. The summed E-state index contributed by atoms with van der Waals surface area (Å²) in [6, 6.07) is 1.16. The number of nitrogens with one attached hydrogen (secondary N) is 1. The smallest absolute Gasteiger partial charge is 0.154 e. The molecule has 0 radical (unpaired) electrons. The predicted molar refractivity (Wildman–Crippen MR) is 73.8 cm³/mol. The zero-order chi connectivity index (χ0) is 12.8. The Bertz CT molecular complexity index is 463. The van der Waals surface area contributed by atoms with Gasteiger partial charge in [0.1, 0.15) is 5.82 Å². The first-order chi connectivity index (χ1) is 9.31. The molecule has 1 aromatic rings. The van der Waals surface area contributed by atoms with Crippen molar-refractivity contribution in [2.45, 2.75) is 69.4 Å². The van der Waals surface area contributed by atoms with Crippen LogP contribution in [0.3, 0.4) is 0 Å². The van der Waals surface area contributed by atoms with Crippen molar-refractivity contribution < 1.29 is 0 Å². The summed E-state index contributed by atoms with van der Waals surface area (Å²) in [6.07, 6.45) is 10.8. The standard InChI is InChI=1S/C15H24N4/c1-19-15(17-14(18-19)11-6-7-11)13-9-8-10-4-2-3-5-12(10)16-13/h10-13,16H,2-9H2,1H3. The highest BCUT2D eigenvalue weighted by Crippen LogP contribution is 2.40. The maximum atomic E-state index is 4.82. The lowest BCUT2D eigenvalue weighted by Gasteiger charge is -2.40. The summed E-state index contributed by atoms with van der Waals surface area (Å²) in [4.78, 5) is 4.82. The molecule has 4 nitrogen and oxygen atoms in total. The van der Waals surface area contributed by atoms with Gasteiger partial charge in [0.25, 0.3) is 0 Å². The van der Waals surface area contributed by atoms with Crippen LogP contribution in [0.15, 0.2) is 0 Å². The molecule has 2 aliphatic carbocycles. The maximum absolute atomic E-state index is 4.82. The van der Waals surface area contributed by atoms with Gasteiger partial charge in [0.2, 0.25) is 0 Å². The molecule has 0 amide bonds. The second-order valence-corrected chi connectivity index (χ2v) is 6.67. The summed E-state index contributed by atoms with van der Waals surface area (Å²) < 4.78 is 2.02. The molecule has 0 spiro atoms. The fourth-order valence-corrected chi connectivity index (χ4v) is 3.93. The van der Waals surface area contributed by atoms with Gasteiger partial charge in [-0.3, -0.25) is 4.68 Å². The zero-order valence-corrected chi connectivity index (χ0v) is 11.8. The summed E-state index contributed by atoms with van der Waals surface area (Å²) in [7, 11) is 2.06. The van der Waals surface area contributed by atoms with E-state index in [1.807, 2.05) is 4.68 Å². The van der Waals surface area contributed by atoms with E-state index < -0.39 is 0 Å². The summed E-state index contributed by atoms with van der Waals surface area (Å²) in [5.41, 5.74) is 0. The van der Waals surface area contributed by atoms with Gasteiger partial charge in [0.05, 0.1) is 6.04 Å². The van der Waals surface area contributed by atoms with Crippen molar-refractivity contribution in [2.75, 3.05) is 0 Å². The third-order valence-corrected chi connectivity index (χ3v) is 5.22. The van der Waals surface area contributed by atoms with E-state index in [9.17, 15) is 0 Å². The molecular formula is C15H24N4. The summed E-state index contributed by atoms with van der Waals surface area (Å²) in [5.74, 6) is 3.84. The van der Waals surface area contributed by atoms with Gasteiger partial charge in [-0.25, -0.2) is 4.98 Å². The van der Waals surface area contributed by atoms with Crippen LogP contribution in [0.2, 0.25) is 0 Å². The average molecular weight is 260 g/mol. The summed E-state index contributed by atoms with van der Waals surface area (Å²) in [5, 5.41) is 8.48. The van der Waals surface area contributed by atoms with Crippen molar-refractivity contribution in [2.24, 2.45) is 13.0 Å². The molecule has 3 fully saturated rings. The van der Waals surface area contributed by atoms with Gasteiger partial charge in [-0.15, -0.1) is 0 Å². The molecule has 4 heteroatoms. The van der Waals surface area contributed by atoms with Crippen LogP contribution in [0.4, 0.5) is 0 Å². The number of aryl methyl sites for hydroxylation is 1. The van der Waals surface area contributed by atoms with Crippen LogP contribution in [-0.4, -0.2) is 20.8 Å². The van der Waals surface area contributed by atoms with Gasteiger partial charge < -0.3 is 5.32 Å². The van der Waals surface area contributed by atoms with E-state index in [-0.39, 0.29) is 0 Å². The molecule has 2 saturated carbocycles. The van der Waals surface area contributed by atoms with Gasteiger partial charge >= 0.3 is 0 Å². The summed E-state index contributed by atoms with van der Waals surface area (Å²) >= 11 is 0. The second-order valence-electron chi connectivity index (χ2n) is 6.67. The normalized spacial score (nSPS) is 35.1. The van der Waals surface area contributed by atoms with Crippen molar-refractivity contribution in [1.29, 1.82) is 0 Å². The topological polar surface area (TPSA) is 42.7 Å². The van der Waals surface area contributed by atoms with Crippen molar-refractivity contribution in [3.05, 3.63) is 11.6 Å². The molecule has 3 atom stereocenters. The van der Waals surface area contributed by atoms with Crippen LogP contribution < -0.4 is 5.32 Å². The minimum Gasteiger partial charge on any atom is -0.304 e. The van der Waals surface area contributed by atoms with E-state index in [1.54, 1.807) is 0 Å². The van der Waals surface area contributed by atoms with E-state index in [0.717, 1.165) is 17.8 Å². The Kier molecular flexibility index (Phi) is 2.87. The first kappa shape index (κ1) is 11.9. The molecule has 1 saturated heterocycles. The highest BCUT2D eigenvalue weighted by Gasteiger charge is 2.35. The molecule has 1 aromatic heterocycles. The fraction of sp³-hybridized carbons (Fsp3) is 0.867. The van der Waals surface area contributed by atoms with E-state index in [1.165, 1.54) is 57.2 Å². The van der Waals surface area contributed by atoms with Crippen LogP contribution in [0.1, 0.15) is 75.0 Å². The van der Waals surface area contributed by atoms with Crippen LogP contribution in [0.5, 0.6) is 0 Å². The molecule has 2 heterocycles. The number of fused-ring (bicyclic) bond motifs is 1. The minimum absolute atomic E-state index is 0.435. The lowest BCUT2D eigenvalue weighted by Crippen LogP contribution is -2.45. The van der Waals surface area contributed by atoms with Crippen molar-refractivity contribution in [3.63, 3.8) is 0 Å². The number of hydrogen-bond acceptors (Lipinski definition) is 3. The molecule has 4 rings (SSSR count). The highest BCUT2D eigenvalue weighted by atomic mass is 15.3. The third kappa shape index (κ3) is 2.20. The van der Waals surface area contributed by atoms with Crippen molar-refractivity contribution in [3.8, 4) is 0 Å². The molecule has 3 unspecified atom stereocenters. The fourth-order valence-electron chi connectivity index (χ4n) is 3.93. The zero-order valence-electron chi connectivity index (χ0n) is 11.8. The largest absolute Gasteiger partial charge is 0.304 e. The Morgan fingerprint density at radius 1 is 1.05 bits per heavy atom. The number of nitrogens with zero attached hydrogens (tertiary/aromatic N) is 3. The van der Waals surface area contributed by atoms with Crippen molar-refractivity contribution >= 4 is 0 Å². The van der Waals surface area contributed by atoms with Gasteiger partial charge in [-0.05, 0) is 44.4 Å². The van der Waals surface area contributed by atoms with Crippen LogP contribution >= 0.6 is 0 Å². The highest BCUT2D eigenvalue weighted by molar-refractivity contribution is 5.09. The van der Waals surface area contributed by atoms with E-state index in [0.29, 0.717) is 12.0 Å². The van der Waals surface area contributed by atoms with E-state index >= 15 is 0 Å². The average Bonchev–Trinajstić information content (AvgIpc) is 3.22. The van der Waals surface area contributed by atoms with E-state index in [2.05, 4.69) is 17.5 Å². The van der Waals surface area contributed by atoms with Gasteiger partial charge in [-0.1, -0.05) is 12.8 Å². The van der Waals surface area contributed by atoms with Gasteiger partial charge in [0, 0.05) is 19.0 Å². The SMILES string of the molecule is Cn1nc(C2CC2)nc1C1CCC2CCCCC2N1. The number of rotatable bonds is 2. The summed E-state index contributed by atoms with van der Waals surface area (Å²) in [6.45, 7) is 0. The number of piperidine rings is 1. The lowest BCUT2D eigenvalue weighted by atomic mass is 9.77.